The molecular formula is C10H20N6S2. The quantitative estimate of drug-likeness (QED) is 0.339. The van der Waals surface area contributed by atoms with Crippen molar-refractivity contribution in [2.75, 3.05) is 13.1 Å². The molecular weight excluding hydrogens is 268 g/mol. The molecule has 8 heteroatoms. The van der Waals surface area contributed by atoms with Crippen LogP contribution in [0.15, 0.2) is 10.2 Å². The smallest absolute Gasteiger partial charge is 0.186 e. The Morgan fingerprint density at radius 2 is 1.17 bits per heavy atom. The number of hydrazone groups is 2. The average Bonchev–Trinajstić information content (AvgIpc) is 2.33. The highest BCUT2D eigenvalue weighted by Gasteiger charge is 1.98. The van der Waals surface area contributed by atoms with E-state index >= 15 is 0 Å². The number of hydrogen-bond donors (Lipinski definition) is 4. The first-order valence-corrected chi connectivity index (χ1v) is 6.49. The molecule has 102 valence electrons. The second-order valence-electron chi connectivity index (χ2n) is 3.34. The van der Waals surface area contributed by atoms with E-state index in [1.165, 1.54) is 0 Å². The Bertz CT molecular complexity index is 316. The van der Waals surface area contributed by atoms with E-state index in [1.807, 2.05) is 27.7 Å². The second-order valence-corrected chi connectivity index (χ2v) is 4.15. The monoisotopic (exact) mass is 288 g/mol. The Morgan fingerprint density at radius 3 is 1.44 bits per heavy atom. The number of hydrogen-bond acceptors (Lipinski definition) is 4. The molecule has 0 bridgehead atoms. The molecule has 0 aliphatic heterocycles. The highest BCUT2D eigenvalue weighted by atomic mass is 32.1. The molecule has 0 aliphatic carbocycles. The lowest BCUT2D eigenvalue weighted by Gasteiger charge is -2.07. The van der Waals surface area contributed by atoms with Gasteiger partial charge in [-0.1, -0.05) is 0 Å². The van der Waals surface area contributed by atoms with E-state index in [0.717, 1.165) is 24.5 Å². The summed E-state index contributed by atoms with van der Waals surface area (Å²) in [6, 6.07) is 0. The summed E-state index contributed by atoms with van der Waals surface area (Å²) in [4.78, 5) is 0. The Hall–Kier alpha value is -1.28. The van der Waals surface area contributed by atoms with Crippen molar-refractivity contribution < 1.29 is 0 Å². The Kier molecular flexibility index (Phi) is 9.03. The largest absolute Gasteiger partial charge is 0.362 e. The Labute approximate surface area is 119 Å². The third-order valence-corrected chi connectivity index (χ3v) is 2.32. The van der Waals surface area contributed by atoms with Gasteiger partial charge in [0.2, 0.25) is 0 Å². The lowest BCUT2D eigenvalue weighted by atomic mass is 10.3. The van der Waals surface area contributed by atoms with Crippen LogP contribution < -0.4 is 21.5 Å². The van der Waals surface area contributed by atoms with Crippen LogP contribution in [0.2, 0.25) is 0 Å². The SMILES string of the molecule is CCNC(=S)N/N=C(C)/C(C)=N/NC(=S)NCC. The van der Waals surface area contributed by atoms with Gasteiger partial charge in [-0.3, -0.25) is 10.9 Å². The summed E-state index contributed by atoms with van der Waals surface area (Å²) in [6.07, 6.45) is 0. The van der Waals surface area contributed by atoms with Gasteiger partial charge in [0.05, 0.1) is 11.4 Å². The molecule has 6 nitrogen and oxygen atoms in total. The fourth-order valence-corrected chi connectivity index (χ4v) is 1.21. The Morgan fingerprint density at radius 1 is 0.833 bits per heavy atom. The number of thiocarbonyl (C=S) groups is 2. The van der Waals surface area contributed by atoms with Gasteiger partial charge in [0.1, 0.15) is 0 Å². The maximum Gasteiger partial charge on any atom is 0.186 e. The van der Waals surface area contributed by atoms with Crippen molar-refractivity contribution in [1.29, 1.82) is 0 Å². The summed E-state index contributed by atoms with van der Waals surface area (Å²) >= 11 is 9.97. The predicted octanol–water partition coefficient (Wildman–Crippen LogP) is 0.706. The van der Waals surface area contributed by atoms with E-state index in [0.29, 0.717) is 10.2 Å². The normalized spacial score (nSPS) is 11.8. The van der Waals surface area contributed by atoms with Gasteiger partial charge >= 0.3 is 0 Å². The molecule has 0 heterocycles. The molecule has 0 atom stereocenters. The number of nitrogens with zero attached hydrogens (tertiary/aromatic N) is 2. The first kappa shape index (κ1) is 16.7. The zero-order valence-corrected chi connectivity index (χ0v) is 12.8. The van der Waals surface area contributed by atoms with E-state index in [9.17, 15) is 0 Å². The minimum atomic E-state index is 0.487. The molecule has 0 unspecified atom stereocenters. The zero-order chi connectivity index (χ0) is 14.0. The third-order valence-electron chi connectivity index (χ3n) is 1.85. The topological polar surface area (TPSA) is 72.8 Å². The van der Waals surface area contributed by atoms with Crippen LogP contribution in [-0.4, -0.2) is 34.7 Å². The fourth-order valence-electron chi connectivity index (χ4n) is 0.831. The standard InChI is InChI=1S/C10H20N6S2/c1-5-11-9(17)15-13-7(3)8(4)14-16-10(18)12-6-2/h5-6H2,1-4H3,(H2,11,15,17)(H2,12,16,18)/b13-7+,14-8+. The van der Waals surface area contributed by atoms with Gasteiger partial charge in [-0.25, -0.2) is 0 Å². The lowest BCUT2D eigenvalue weighted by Crippen LogP contribution is -2.34. The van der Waals surface area contributed by atoms with Crippen LogP contribution in [0.3, 0.4) is 0 Å². The highest BCUT2D eigenvalue weighted by molar-refractivity contribution is 7.80. The molecule has 0 saturated heterocycles. The van der Waals surface area contributed by atoms with Crippen LogP contribution in [0.4, 0.5) is 0 Å². The molecule has 0 spiro atoms. The predicted molar refractivity (Wildman–Crippen MR) is 85.0 cm³/mol. The van der Waals surface area contributed by atoms with Gasteiger partial charge in [-0.05, 0) is 52.1 Å². The van der Waals surface area contributed by atoms with Crippen molar-refractivity contribution in [3.05, 3.63) is 0 Å². The van der Waals surface area contributed by atoms with Gasteiger partial charge in [0, 0.05) is 13.1 Å². The van der Waals surface area contributed by atoms with Crippen LogP contribution in [0.1, 0.15) is 27.7 Å². The van der Waals surface area contributed by atoms with Crippen molar-refractivity contribution in [1.82, 2.24) is 21.5 Å². The number of nitrogens with one attached hydrogen (secondary N) is 4. The van der Waals surface area contributed by atoms with Gasteiger partial charge in [-0.15, -0.1) is 0 Å². The molecule has 0 aliphatic rings. The van der Waals surface area contributed by atoms with Crippen molar-refractivity contribution in [2.24, 2.45) is 10.2 Å². The van der Waals surface area contributed by atoms with Crippen molar-refractivity contribution in [3.8, 4) is 0 Å². The molecule has 0 saturated carbocycles. The van der Waals surface area contributed by atoms with Gasteiger partial charge in [0.15, 0.2) is 10.2 Å². The van der Waals surface area contributed by atoms with Crippen molar-refractivity contribution in [2.45, 2.75) is 27.7 Å². The summed E-state index contributed by atoms with van der Waals surface area (Å²) < 4.78 is 0. The first-order chi connectivity index (χ1) is 8.51. The summed E-state index contributed by atoms with van der Waals surface area (Å²) in [6.45, 7) is 9.10. The fraction of sp³-hybridized carbons (Fsp3) is 0.600. The van der Waals surface area contributed by atoms with Crippen LogP contribution in [-0.2, 0) is 0 Å². The minimum absolute atomic E-state index is 0.487. The maximum atomic E-state index is 4.98. The maximum absolute atomic E-state index is 4.98. The van der Waals surface area contributed by atoms with E-state index in [2.05, 4.69) is 31.7 Å². The first-order valence-electron chi connectivity index (χ1n) is 5.67. The summed E-state index contributed by atoms with van der Waals surface area (Å²) in [5.41, 5.74) is 6.90. The van der Waals surface area contributed by atoms with E-state index in [4.69, 9.17) is 24.4 Å². The average molecular weight is 288 g/mol. The molecule has 18 heavy (non-hydrogen) atoms. The van der Waals surface area contributed by atoms with E-state index in [1.54, 1.807) is 0 Å². The van der Waals surface area contributed by atoms with Crippen LogP contribution in [0.25, 0.3) is 0 Å². The van der Waals surface area contributed by atoms with Gasteiger partial charge in [-0.2, -0.15) is 10.2 Å². The Balaban J connectivity index is 4.26. The molecule has 0 fully saturated rings. The molecule has 0 radical (unpaired) electrons. The lowest BCUT2D eigenvalue weighted by molar-refractivity contribution is 0.896. The van der Waals surface area contributed by atoms with Crippen molar-refractivity contribution in [3.63, 3.8) is 0 Å². The third kappa shape index (κ3) is 7.91. The molecule has 0 aromatic rings. The second kappa shape index (κ2) is 9.72. The zero-order valence-electron chi connectivity index (χ0n) is 11.1. The molecule has 0 amide bonds. The van der Waals surface area contributed by atoms with Gasteiger partial charge in [0.25, 0.3) is 0 Å². The van der Waals surface area contributed by atoms with E-state index in [-0.39, 0.29) is 0 Å². The van der Waals surface area contributed by atoms with Crippen LogP contribution in [0, 0.1) is 0 Å². The number of rotatable bonds is 5. The molecule has 0 aromatic carbocycles. The summed E-state index contributed by atoms with van der Waals surface area (Å²) in [5, 5.41) is 15.0. The van der Waals surface area contributed by atoms with E-state index < -0.39 is 0 Å². The van der Waals surface area contributed by atoms with Crippen LogP contribution >= 0.6 is 24.4 Å². The summed E-state index contributed by atoms with van der Waals surface area (Å²) in [5.74, 6) is 0. The molecule has 0 rings (SSSR count). The highest BCUT2D eigenvalue weighted by Crippen LogP contribution is 1.82. The van der Waals surface area contributed by atoms with Crippen LogP contribution in [0.5, 0.6) is 0 Å². The van der Waals surface area contributed by atoms with Crippen molar-refractivity contribution >= 4 is 46.1 Å². The molecule has 0 aromatic heterocycles. The minimum Gasteiger partial charge on any atom is -0.362 e. The van der Waals surface area contributed by atoms with Gasteiger partial charge < -0.3 is 10.6 Å². The summed E-state index contributed by atoms with van der Waals surface area (Å²) in [7, 11) is 0. The molecule has 4 N–H and O–H groups in total.